The first-order valence-electron chi connectivity index (χ1n) is 6.70. The smallest absolute Gasteiger partial charge is 0.215 e. The minimum Gasteiger partial charge on any atom is -0.358 e. The molecule has 0 saturated carbocycles. The molecule has 0 spiro atoms. The number of halogens is 1. The summed E-state index contributed by atoms with van der Waals surface area (Å²) in [6, 6.07) is 3.84. The van der Waals surface area contributed by atoms with Crippen molar-refractivity contribution in [2.75, 3.05) is 12.3 Å². The number of fused-ring (bicyclic) bond motifs is 1. The molecule has 0 bridgehead atoms. The van der Waals surface area contributed by atoms with Crippen LogP contribution in [0.15, 0.2) is 24.8 Å². The molecule has 6 heteroatoms. The van der Waals surface area contributed by atoms with Crippen LogP contribution in [0.2, 0.25) is 5.02 Å². The lowest BCUT2D eigenvalue weighted by Crippen LogP contribution is -2.27. The van der Waals surface area contributed by atoms with Crippen LogP contribution in [0.25, 0.3) is 10.9 Å². The molecule has 114 valence electrons. The van der Waals surface area contributed by atoms with Crippen LogP contribution in [0.5, 0.6) is 0 Å². The lowest BCUT2D eigenvalue weighted by molar-refractivity contribution is 0.585. The maximum Gasteiger partial charge on any atom is 0.215 e. The Bertz CT molecular complexity index is 779. The molecular weight excluding hydrogens is 308 g/mol. The van der Waals surface area contributed by atoms with Crippen molar-refractivity contribution in [3.05, 3.63) is 46.6 Å². The maximum absolute atomic E-state index is 11.6. The normalized spacial score (nSPS) is 12.0. The quantitative estimate of drug-likeness (QED) is 0.801. The molecule has 0 unspecified atom stereocenters. The summed E-state index contributed by atoms with van der Waals surface area (Å²) >= 11 is 6.29. The summed E-state index contributed by atoms with van der Waals surface area (Å²) in [7, 11) is -3.28. The van der Waals surface area contributed by atoms with E-state index >= 15 is 0 Å². The van der Waals surface area contributed by atoms with Crippen molar-refractivity contribution in [2.24, 2.45) is 0 Å². The average molecular weight is 327 g/mol. The Morgan fingerprint density at radius 3 is 2.76 bits per heavy atom. The first-order chi connectivity index (χ1) is 9.85. The largest absolute Gasteiger partial charge is 0.358 e. The fourth-order valence-electron chi connectivity index (χ4n) is 2.45. The van der Waals surface area contributed by atoms with E-state index in [1.165, 1.54) is 6.08 Å². The lowest BCUT2D eigenvalue weighted by Gasteiger charge is -2.06. The van der Waals surface area contributed by atoms with E-state index in [2.05, 4.69) is 16.3 Å². The Balaban J connectivity index is 2.25. The SMILES string of the molecule is C=CCS(=O)(=O)NCCc1c(C)[nH]c2c(C)ccc(Cl)c12. The van der Waals surface area contributed by atoms with Crippen LogP contribution in [0.1, 0.15) is 16.8 Å². The standard InChI is InChI=1S/C15H19ClN2O2S/c1-4-9-21(19,20)17-8-7-12-11(3)18-15-10(2)5-6-13(16)14(12)15/h4-6,17-18H,1,7-9H2,2-3H3. The van der Waals surface area contributed by atoms with E-state index in [1.54, 1.807) is 0 Å². The molecule has 0 saturated heterocycles. The zero-order valence-electron chi connectivity index (χ0n) is 12.2. The second-order valence-electron chi connectivity index (χ2n) is 5.06. The summed E-state index contributed by atoms with van der Waals surface area (Å²) in [4.78, 5) is 3.33. The predicted molar refractivity (Wildman–Crippen MR) is 88.5 cm³/mol. The monoisotopic (exact) mass is 326 g/mol. The van der Waals surface area contributed by atoms with Crippen molar-refractivity contribution >= 4 is 32.5 Å². The van der Waals surface area contributed by atoms with Gasteiger partial charge in [0, 0.05) is 17.6 Å². The number of H-pyrrole nitrogens is 1. The molecule has 0 amide bonds. The summed E-state index contributed by atoms with van der Waals surface area (Å²) in [5, 5.41) is 1.67. The van der Waals surface area contributed by atoms with Crippen molar-refractivity contribution in [3.8, 4) is 0 Å². The number of aromatic amines is 1. The summed E-state index contributed by atoms with van der Waals surface area (Å²) < 4.78 is 25.8. The van der Waals surface area contributed by atoms with Crippen molar-refractivity contribution in [1.82, 2.24) is 9.71 Å². The van der Waals surface area contributed by atoms with Gasteiger partial charge in [0.05, 0.1) is 16.3 Å². The predicted octanol–water partition coefficient (Wildman–Crippen LogP) is 3.09. The minimum atomic E-state index is -3.28. The Labute approximate surface area is 130 Å². The number of hydrogen-bond acceptors (Lipinski definition) is 2. The first-order valence-corrected chi connectivity index (χ1v) is 8.73. The van der Waals surface area contributed by atoms with Gasteiger partial charge in [-0.2, -0.15) is 0 Å². The maximum atomic E-state index is 11.6. The number of sulfonamides is 1. The molecule has 0 radical (unpaired) electrons. The Hall–Kier alpha value is -1.30. The molecule has 2 N–H and O–H groups in total. The molecule has 0 aliphatic heterocycles. The number of aromatic nitrogens is 1. The molecular formula is C15H19ClN2O2S. The molecule has 1 aromatic heterocycles. The molecule has 4 nitrogen and oxygen atoms in total. The van der Waals surface area contributed by atoms with E-state index in [1.807, 2.05) is 26.0 Å². The lowest BCUT2D eigenvalue weighted by atomic mass is 10.1. The van der Waals surface area contributed by atoms with Crippen LogP contribution in [0.4, 0.5) is 0 Å². The van der Waals surface area contributed by atoms with Gasteiger partial charge in [0.2, 0.25) is 10.0 Å². The molecule has 0 atom stereocenters. The highest BCUT2D eigenvalue weighted by atomic mass is 35.5. The Morgan fingerprint density at radius 1 is 1.38 bits per heavy atom. The first kappa shape index (κ1) is 16.1. The van der Waals surface area contributed by atoms with Gasteiger partial charge in [-0.3, -0.25) is 0 Å². The van der Waals surface area contributed by atoms with Gasteiger partial charge in [-0.05, 0) is 37.5 Å². The van der Waals surface area contributed by atoms with Crippen molar-refractivity contribution in [3.63, 3.8) is 0 Å². The number of rotatable bonds is 6. The molecule has 2 aromatic rings. The van der Waals surface area contributed by atoms with Gasteiger partial charge < -0.3 is 4.98 Å². The Morgan fingerprint density at radius 2 is 2.10 bits per heavy atom. The second-order valence-corrected chi connectivity index (χ2v) is 7.32. The zero-order chi connectivity index (χ0) is 15.6. The van der Waals surface area contributed by atoms with Crippen LogP contribution >= 0.6 is 11.6 Å². The molecule has 2 rings (SSSR count). The van der Waals surface area contributed by atoms with E-state index in [0.29, 0.717) is 18.0 Å². The van der Waals surface area contributed by atoms with Gasteiger partial charge in [0.1, 0.15) is 0 Å². The van der Waals surface area contributed by atoms with Crippen molar-refractivity contribution in [1.29, 1.82) is 0 Å². The Kier molecular flexibility index (Phi) is 4.76. The van der Waals surface area contributed by atoms with Gasteiger partial charge >= 0.3 is 0 Å². The third kappa shape index (κ3) is 3.48. The molecule has 21 heavy (non-hydrogen) atoms. The zero-order valence-corrected chi connectivity index (χ0v) is 13.7. The fourth-order valence-corrected chi connectivity index (χ4v) is 3.56. The molecule has 0 aliphatic carbocycles. The van der Waals surface area contributed by atoms with Crippen molar-refractivity contribution in [2.45, 2.75) is 20.3 Å². The summed E-state index contributed by atoms with van der Waals surface area (Å²) in [6.45, 7) is 7.77. The number of aryl methyl sites for hydroxylation is 2. The third-order valence-electron chi connectivity index (χ3n) is 3.46. The minimum absolute atomic E-state index is 0.0697. The molecule has 0 aliphatic rings. The highest BCUT2D eigenvalue weighted by molar-refractivity contribution is 7.89. The number of hydrogen-bond donors (Lipinski definition) is 2. The average Bonchev–Trinajstić information content (AvgIpc) is 2.72. The van der Waals surface area contributed by atoms with Crippen LogP contribution < -0.4 is 4.72 Å². The van der Waals surface area contributed by atoms with Gasteiger partial charge in [-0.1, -0.05) is 23.7 Å². The third-order valence-corrected chi connectivity index (χ3v) is 5.10. The topological polar surface area (TPSA) is 62.0 Å². The molecule has 1 aromatic carbocycles. The van der Waals surface area contributed by atoms with E-state index < -0.39 is 10.0 Å². The fraction of sp³-hybridized carbons (Fsp3) is 0.333. The highest BCUT2D eigenvalue weighted by Gasteiger charge is 2.14. The van der Waals surface area contributed by atoms with Gasteiger partial charge in [0.25, 0.3) is 0 Å². The molecule has 0 fully saturated rings. The van der Waals surface area contributed by atoms with Crippen LogP contribution in [0.3, 0.4) is 0 Å². The number of benzene rings is 1. The van der Waals surface area contributed by atoms with Gasteiger partial charge in [-0.25, -0.2) is 13.1 Å². The summed E-state index contributed by atoms with van der Waals surface area (Å²) in [5.41, 5.74) is 4.21. The number of nitrogens with one attached hydrogen (secondary N) is 2. The van der Waals surface area contributed by atoms with Crippen LogP contribution in [-0.4, -0.2) is 25.7 Å². The van der Waals surface area contributed by atoms with E-state index in [0.717, 1.165) is 27.7 Å². The van der Waals surface area contributed by atoms with Crippen LogP contribution in [-0.2, 0) is 16.4 Å². The summed E-state index contributed by atoms with van der Waals surface area (Å²) in [5.74, 6) is -0.0697. The van der Waals surface area contributed by atoms with Crippen molar-refractivity contribution < 1.29 is 8.42 Å². The van der Waals surface area contributed by atoms with Crippen LogP contribution in [0, 0.1) is 13.8 Å². The second kappa shape index (κ2) is 6.22. The van der Waals surface area contributed by atoms with Gasteiger partial charge in [-0.15, -0.1) is 6.58 Å². The van der Waals surface area contributed by atoms with E-state index in [9.17, 15) is 8.42 Å². The highest BCUT2D eigenvalue weighted by Crippen LogP contribution is 2.31. The molecule has 1 heterocycles. The summed E-state index contributed by atoms with van der Waals surface area (Å²) in [6.07, 6.45) is 1.96. The van der Waals surface area contributed by atoms with Gasteiger partial charge in [0.15, 0.2) is 0 Å². The van der Waals surface area contributed by atoms with E-state index in [4.69, 9.17) is 11.6 Å². The van der Waals surface area contributed by atoms with E-state index in [-0.39, 0.29) is 5.75 Å².